The summed E-state index contributed by atoms with van der Waals surface area (Å²) in [5.41, 5.74) is 4.59. The van der Waals surface area contributed by atoms with Crippen molar-refractivity contribution < 1.29 is 19.4 Å². The Labute approximate surface area is 258 Å². The van der Waals surface area contributed by atoms with Gasteiger partial charge in [0.05, 0.1) is 27.5 Å². The predicted octanol–water partition coefficient (Wildman–Crippen LogP) is 7.59. The van der Waals surface area contributed by atoms with Crippen molar-refractivity contribution in [1.82, 2.24) is 14.8 Å². The molecule has 0 spiro atoms. The SMILES string of the molecule is Cc1cc2nc(N3CCCN(c4ccc5c(cnn5C)c4)C3=O)sc2c(-c2ccc(Cl)cc2)c1C(OC(C)(C)C)C(=O)O. The number of fused-ring (bicyclic) bond motifs is 2. The van der Waals surface area contributed by atoms with Crippen molar-refractivity contribution in [2.24, 2.45) is 7.05 Å². The molecule has 0 bridgehead atoms. The van der Waals surface area contributed by atoms with Crippen LogP contribution >= 0.6 is 22.9 Å². The number of carboxylic acids is 1. The minimum absolute atomic E-state index is 0.155. The first-order valence-electron chi connectivity index (χ1n) is 14.0. The monoisotopic (exact) mass is 617 g/mol. The van der Waals surface area contributed by atoms with Crippen LogP contribution < -0.4 is 9.80 Å². The maximum absolute atomic E-state index is 13.9. The molecule has 1 fully saturated rings. The summed E-state index contributed by atoms with van der Waals surface area (Å²) < 4.78 is 8.70. The van der Waals surface area contributed by atoms with Crippen molar-refractivity contribution in [3.05, 3.63) is 70.9 Å². The molecule has 0 aliphatic carbocycles. The zero-order valence-electron chi connectivity index (χ0n) is 24.6. The van der Waals surface area contributed by atoms with Gasteiger partial charge in [0.1, 0.15) is 0 Å². The van der Waals surface area contributed by atoms with Gasteiger partial charge in [-0.05, 0) is 81.6 Å². The van der Waals surface area contributed by atoms with Crippen LogP contribution in [0.4, 0.5) is 15.6 Å². The lowest BCUT2D eigenvalue weighted by atomic mass is 9.91. The van der Waals surface area contributed by atoms with Gasteiger partial charge in [0.2, 0.25) is 0 Å². The van der Waals surface area contributed by atoms with E-state index in [1.54, 1.807) is 32.8 Å². The Bertz CT molecular complexity index is 1880. The molecule has 1 aliphatic heterocycles. The number of hydrogen-bond acceptors (Lipinski definition) is 6. The molecule has 9 nitrogen and oxygen atoms in total. The first-order chi connectivity index (χ1) is 20.4. The first-order valence-corrected chi connectivity index (χ1v) is 15.2. The Hall–Kier alpha value is -3.99. The Morgan fingerprint density at radius 3 is 2.51 bits per heavy atom. The third kappa shape index (κ3) is 5.46. The van der Waals surface area contributed by atoms with Crippen LogP contribution in [0.2, 0.25) is 5.02 Å². The van der Waals surface area contributed by atoms with Gasteiger partial charge in [-0.2, -0.15) is 5.10 Å². The highest BCUT2D eigenvalue weighted by molar-refractivity contribution is 7.23. The Morgan fingerprint density at radius 2 is 1.81 bits per heavy atom. The van der Waals surface area contributed by atoms with Gasteiger partial charge in [-0.25, -0.2) is 14.6 Å². The van der Waals surface area contributed by atoms with E-state index in [0.29, 0.717) is 34.3 Å². The number of aromatic nitrogens is 3. The van der Waals surface area contributed by atoms with E-state index < -0.39 is 17.7 Å². The molecule has 43 heavy (non-hydrogen) atoms. The van der Waals surface area contributed by atoms with Gasteiger partial charge in [-0.3, -0.25) is 14.5 Å². The Balaban J connectivity index is 1.47. The van der Waals surface area contributed by atoms with Crippen LogP contribution in [0.3, 0.4) is 0 Å². The van der Waals surface area contributed by atoms with Crippen LogP contribution in [0.25, 0.3) is 32.2 Å². The van der Waals surface area contributed by atoms with Crippen LogP contribution in [-0.4, -0.2) is 50.6 Å². The van der Waals surface area contributed by atoms with Crippen molar-refractivity contribution in [2.75, 3.05) is 22.9 Å². The van der Waals surface area contributed by atoms with Crippen LogP contribution in [0.15, 0.2) is 54.7 Å². The molecule has 5 aromatic rings. The van der Waals surface area contributed by atoms with E-state index in [1.807, 2.05) is 71.1 Å². The summed E-state index contributed by atoms with van der Waals surface area (Å²) in [7, 11) is 1.89. The number of aliphatic carboxylic acids is 1. The summed E-state index contributed by atoms with van der Waals surface area (Å²) >= 11 is 7.60. The number of aryl methyl sites for hydroxylation is 2. The lowest BCUT2D eigenvalue weighted by Crippen LogP contribution is -2.49. The molecular weight excluding hydrogens is 586 g/mol. The van der Waals surface area contributed by atoms with Gasteiger partial charge in [0.25, 0.3) is 0 Å². The lowest BCUT2D eigenvalue weighted by Gasteiger charge is -2.34. The summed E-state index contributed by atoms with van der Waals surface area (Å²) in [4.78, 5) is 34.9. The molecule has 0 radical (unpaired) electrons. The molecule has 1 aliphatic rings. The number of halogens is 1. The zero-order chi connectivity index (χ0) is 30.6. The van der Waals surface area contributed by atoms with Gasteiger partial charge in [-0.1, -0.05) is 35.1 Å². The molecule has 1 unspecified atom stereocenters. The third-order valence-electron chi connectivity index (χ3n) is 7.50. The maximum atomic E-state index is 13.9. The number of carbonyl (C=O) groups excluding carboxylic acids is 1. The Kier molecular flexibility index (Phi) is 7.40. The number of amides is 2. The van der Waals surface area contributed by atoms with E-state index in [1.165, 1.54) is 11.3 Å². The highest BCUT2D eigenvalue weighted by Crippen LogP contribution is 2.45. The van der Waals surface area contributed by atoms with E-state index in [2.05, 4.69) is 5.10 Å². The summed E-state index contributed by atoms with van der Waals surface area (Å²) in [5.74, 6) is -1.08. The van der Waals surface area contributed by atoms with E-state index >= 15 is 0 Å². The van der Waals surface area contributed by atoms with Crippen LogP contribution in [0, 0.1) is 6.92 Å². The molecule has 1 N–H and O–H groups in total. The number of anilines is 2. The highest BCUT2D eigenvalue weighted by Gasteiger charge is 2.34. The Morgan fingerprint density at radius 1 is 1.09 bits per heavy atom. The standard InChI is InChI=1S/C32H32ClN5O4S/c1-18-15-23-28(26(19-7-9-21(33)10-8-19)25(18)27(29(39)40)42-32(2,3)4)43-30(35-23)38-14-6-13-37(31(38)41)22-11-12-24-20(16-22)17-34-36(24)5/h7-12,15-17,27H,6,13-14H2,1-5H3,(H,39,40). The van der Waals surface area contributed by atoms with E-state index in [4.69, 9.17) is 21.3 Å². The number of benzene rings is 3. The maximum Gasteiger partial charge on any atom is 0.337 e. The fourth-order valence-electron chi connectivity index (χ4n) is 5.60. The van der Waals surface area contributed by atoms with Gasteiger partial charge < -0.3 is 9.84 Å². The summed E-state index contributed by atoms with van der Waals surface area (Å²) in [6.07, 6.45) is 1.35. The fraction of sp³-hybridized carbons (Fsp3) is 0.312. The lowest BCUT2D eigenvalue weighted by molar-refractivity contribution is -0.160. The topological polar surface area (TPSA) is 101 Å². The molecular formula is C32H32ClN5O4S. The van der Waals surface area contributed by atoms with Gasteiger partial charge in [0.15, 0.2) is 11.2 Å². The summed E-state index contributed by atoms with van der Waals surface area (Å²) in [6.45, 7) is 8.50. The minimum Gasteiger partial charge on any atom is -0.479 e. The largest absolute Gasteiger partial charge is 0.479 e. The number of carboxylic acid groups (broad SMARTS) is 1. The van der Waals surface area contributed by atoms with E-state index in [9.17, 15) is 14.7 Å². The number of ether oxygens (including phenoxy) is 1. The van der Waals surface area contributed by atoms with Gasteiger partial charge in [-0.15, -0.1) is 0 Å². The molecule has 1 atom stereocenters. The van der Waals surface area contributed by atoms with Crippen molar-refractivity contribution in [2.45, 2.75) is 45.8 Å². The second kappa shape index (κ2) is 10.9. The number of hydrogen-bond donors (Lipinski definition) is 1. The number of carbonyl (C=O) groups is 2. The first kappa shape index (κ1) is 29.1. The van der Waals surface area contributed by atoms with E-state index in [0.717, 1.165) is 44.4 Å². The van der Waals surface area contributed by atoms with Gasteiger partial charge in [0, 0.05) is 47.4 Å². The van der Waals surface area contributed by atoms with Crippen molar-refractivity contribution in [3.8, 4) is 11.1 Å². The number of rotatable bonds is 6. The third-order valence-corrected chi connectivity index (χ3v) is 8.87. The zero-order valence-corrected chi connectivity index (χ0v) is 26.2. The fourth-order valence-corrected chi connectivity index (χ4v) is 6.87. The summed E-state index contributed by atoms with van der Waals surface area (Å²) in [6, 6.07) is 14.9. The van der Waals surface area contributed by atoms with Crippen LogP contribution in [0.5, 0.6) is 0 Å². The average molecular weight is 618 g/mol. The minimum atomic E-state index is -1.21. The second-order valence-corrected chi connectivity index (χ2v) is 13.1. The van der Waals surface area contributed by atoms with Crippen molar-refractivity contribution in [1.29, 1.82) is 0 Å². The van der Waals surface area contributed by atoms with Crippen molar-refractivity contribution in [3.63, 3.8) is 0 Å². The average Bonchev–Trinajstić information content (AvgIpc) is 3.54. The van der Waals surface area contributed by atoms with Crippen molar-refractivity contribution >= 4 is 66.9 Å². The molecule has 222 valence electrons. The number of urea groups is 1. The van der Waals surface area contributed by atoms with E-state index in [-0.39, 0.29) is 6.03 Å². The smallest absolute Gasteiger partial charge is 0.337 e. The molecule has 2 aromatic heterocycles. The molecule has 6 rings (SSSR count). The molecule has 1 saturated heterocycles. The number of thiazole rings is 1. The highest BCUT2D eigenvalue weighted by atomic mass is 35.5. The molecule has 3 heterocycles. The normalized spacial score (nSPS) is 15.1. The molecule has 3 aromatic carbocycles. The van der Waals surface area contributed by atoms with Gasteiger partial charge >= 0.3 is 12.0 Å². The quantitative estimate of drug-likeness (QED) is 0.211. The summed E-state index contributed by atoms with van der Waals surface area (Å²) in [5, 5.41) is 16.7. The van der Waals surface area contributed by atoms with Crippen LogP contribution in [-0.2, 0) is 16.6 Å². The second-order valence-electron chi connectivity index (χ2n) is 11.7. The number of nitrogens with zero attached hydrogens (tertiary/aromatic N) is 5. The molecule has 2 amide bonds. The van der Waals surface area contributed by atoms with Crippen LogP contribution in [0.1, 0.15) is 44.4 Å². The predicted molar refractivity (Wildman–Crippen MR) is 171 cm³/mol. The molecule has 11 heteroatoms. The molecule has 0 saturated carbocycles.